The molecule has 0 radical (unpaired) electrons. The van der Waals surface area contributed by atoms with Crippen LogP contribution in [-0.2, 0) is 10.0 Å². The van der Waals surface area contributed by atoms with Crippen molar-refractivity contribution in [1.29, 1.82) is 5.26 Å². The van der Waals surface area contributed by atoms with Crippen LogP contribution in [0.25, 0.3) is 0 Å². The van der Waals surface area contributed by atoms with E-state index in [0.717, 1.165) is 24.0 Å². The molecular weight excluding hydrogens is 288 g/mol. The number of nitrogens with two attached hydrogens (primary N) is 1. The molecule has 6 heteroatoms. The Kier molecular flexibility index (Phi) is 4.00. The molecule has 0 heterocycles. The van der Waals surface area contributed by atoms with Gasteiger partial charge < -0.3 is 4.74 Å². The van der Waals surface area contributed by atoms with E-state index in [0.29, 0.717) is 24.3 Å². The molecule has 2 N–H and O–H groups in total. The molecule has 114 valence electrons. The van der Waals surface area contributed by atoms with E-state index in [4.69, 9.17) is 15.1 Å². The second kappa shape index (κ2) is 5.32. The molecule has 0 atom stereocenters. The van der Waals surface area contributed by atoms with Gasteiger partial charge in [-0.15, -0.1) is 0 Å². The average Bonchev–Trinajstić information content (AvgIpc) is 3.13. The molecule has 1 aromatic carbocycles. The monoisotopic (exact) mass is 308 g/mol. The molecule has 0 spiro atoms. The van der Waals surface area contributed by atoms with Gasteiger partial charge in [-0.3, -0.25) is 0 Å². The Morgan fingerprint density at radius 2 is 1.95 bits per heavy atom. The maximum Gasteiger partial charge on any atom is 0.238 e. The molecule has 0 saturated heterocycles. The normalized spacial score (nSPS) is 16.3. The summed E-state index contributed by atoms with van der Waals surface area (Å²) < 4.78 is 29.1. The molecule has 0 aliphatic heterocycles. The summed E-state index contributed by atoms with van der Waals surface area (Å²) >= 11 is 0. The number of hydrogen-bond donors (Lipinski definition) is 1. The number of nitrogens with zero attached hydrogens (tertiary/aromatic N) is 1. The van der Waals surface area contributed by atoms with Crippen molar-refractivity contribution in [2.75, 3.05) is 6.61 Å². The smallest absolute Gasteiger partial charge is 0.238 e. The number of rotatable bonds is 5. The molecule has 1 aliphatic carbocycles. The third-order valence-electron chi connectivity index (χ3n) is 4.22. The zero-order chi connectivity index (χ0) is 15.8. The van der Waals surface area contributed by atoms with Gasteiger partial charge in [-0.25, -0.2) is 13.6 Å². The van der Waals surface area contributed by atoms with Gasteiger partial charge >= 0.3 is 0 Å². The van der Waals surface area contributed by atoms with Crippen LogP contribution < -0.4 is 9.88 Å². The minimum atomic E-state index is -3.73. The summed E-state index contributed by atoms with van der Waals surface area (Å²) in [6.45, 7) is 5.86. The van der Waals surface area contributed by atoms with E-state index in [1.165, 1.54) is 0 Å². The highest BCUT2D eigenvalue weighted by Crippen LogP contribution is 2.49. The topological polar surface area (TPSA) is 93.2 Å². The van der Waals surface area contributed by atoms with Gasteiger partial charge in [-0.1, -0.05) is 0 Å². The second-order valence-electron chi connectivity index (χ2n) is 5.94. The van der Waals surface area contributed by atoms with Crippen molar-refractivity contribution in [1.82, 2.24) is 0 Å². The van der Waals surface area contributed by atoms with E-state index in [1.807, 2.05) is 6.92 Å². The lowest BCUT2D eigenvalue weighted by atomic mass is 10.0. The SMILES string of the molecule is Cc1cc(S(N)(=O)=O)c(C)c(C)c1OCC1(CC#N)CC1. The lowest BCUT2D eigenvalue weighted by Gasteiger charge is -2.19. The Labute approximate surface area is 125 Å². The molecule has 0 bridgehead atoms. The highest BCUT2D eigenvalue weighted by molar-refractivity contribution is 7.89. The van der Waals surface area contributed by atoms with Crippen molar-refractivity contribution < 1.29 is 13.2 Å². The Balaban J connectivity index is 2.30. The Hall–Kier alpha value is -1.58. The number of aryl methyl sites for hydroxylation is 1. The third-order valence-corrected chi connectivity index (χ3v) is 5.26. The minimum Gasteiger partial charge on any atom is -0.492 e. The second-order valence-corrected chi connectivity index (χ2v) is 7.47. The molecule has 1 saturated carbocycles. The number of primary sulfonamides is 1. The van der Waals surface area contributed by atoms with E-state index in [-0.39, 0.29) is 10.3 Å². The van der Waals surface area contributed by atoms with Gasteiger partial charge in [0.05, 0.1) is 17.6 Å². The number of ether oxygens (including phenoxy) is 1. The lowest BCUT2D eigenvalue weighted by molar-refractivity contribution is 0.234. The van der Waals surface area contributed by atoms with Gasteiger partial charge in [-0.05, 0) is 56.4 Å². The summed E-state index contributed by atoms with van der Waals surface area (Å²) in [5.74, 6) is 0.698. The maximum absolute atomic E-state index is 11.6. The van der Waals surface area contributed by atoms with Crippen molar-refractivity contribution in [3.8, 4) is 11.8 Å². The van der Waals surface area contributed by atoms with Crippen LogP contribution in [0.4, 0.5) is 0 Å². The molecule has 0 unspecified atom stereocenters. The van der Waals surface area contributed by atoms with Gasteiger partial charge in [0.2, 0.25) is 10.0 Å². The molecule has 0 aromatic heterocycles. The summed E-state index contributed by atoms with van der Waals surface area (Å²) in [5.41, 5.74) is 2.13. The van der Waals surface area contributed by atoms with Crippen LogP contribution in [-0.4, -0.2) is 15.0 Å². The molecule has 5 nitrogen and oxygen atoms in total. The summed E-state index contributed by atoms with van der Waals surface area (Å²) in [6.07, 6.45) is 2.51. The van der Waals surface area contributed by atoms with Crippen molar-refractivity contribution in [3.63, 3.8) is 0 Å². The van der Waals surface area contributed by atoms with Gasteiger partial charge in [0, 0.05) is 11.8 Å². The summed E-state index contributed by atoms with van der Waals surface area (Å²) in [5, 5.41) is 14.1. The van der Waals surface area contributed by atoms with Crippen LogP contribution >= 0.6 is 0 Å². The highest BCUT2D eigenvalue weighted by atomic mass is 32.2. The zero-order valence-electron chi connectivity index (χ0n) is 12.6. The van der Waals surface area contributed by atoms with Gasteiger partial charge in [0.1, 0.15) is 5.75 Å². The first-order valence-electron chi connectivity index (χ1n) is 6.83. The lowest BCUT2D eigenvalue weighted by Crippen LogP contribution is -2.17. The van der Waals surface area contributed by atoms with Crippen molar-refractivity contribution in [2.24, 2.45) is 10.6 Å². The van der Waals surface area contributed by atoms with Crippen molar-refractivity contribution >= 4 is 10.0 Å². The molecule has 0 amide bonds. The molecule has 21 heavy (non-hydrogen) atoms. The zero-order valence-corrected chi connectivity index (χ0v) is 13.4. The first-order valence-corrected chi connectivity index (χ1v) is 8.38. The van der Waals surface area contributed by atoms with Gasteiger partial charge in [-0.2, -0.15) is 5.26 Å². The van der Waals surface area contributed by atoms with E-state index >= 15 is 0 Å². The van der Waals surface area contributed by atoms with E-state index in [9.17, 15) is 8.42 Å². The molecule has 1 aromatic rings. The van der Waals surface area contributed by atoms with Crippen LogP contribution in [0.1, 0.15) is 36.0 Å². The number of nitriles is 1. The van der Waals surface area contributed by atoms with Crippen LogP contribution in [0.3, 0.4) is 0 Å². The van der Waals surface area contributed by atoms with E-state index < -0.39 is 10.0 Å². The van der Waals surface area contributed by atoms with Gasteiger partial charge in [0.15, 0.2) is 0 Å². The largest absolute Gasteiger partial charge is 0.492 e. The highest BCUT2D eigenvalue weighted by Gasteiger charge is 2.43. The van der Waals surface area contributed by atoms with Crippen LogP contribution in [0.5, 0.6) is 5.75 Å². The Bertz CT molecular complexity index is 713. The Morgan fingerprint density at radius 1 is 1.33 bits per heavy atom. The van der Waals surface area contributed by atoms with Crippen LogP contribution in [0, 0.1) is 37.5 Å². The van der Waals surface area contributed by atoms with Crippen molar-refractivity contribution in [2.45, 2.75) is 44.9 Å². The first kappa shape index (κ1) is 15.8. The number of sulfonamides is 1. The average molecular weight is 308 g/mol. The number of benzene rings is 1. The molecule has 2 rings (SSSR count). The summed E-state index contributed by atoms with van der Waals surface area (Å²) in [7, 11) is -3.73. The Morgan fingerprint density at radius 3 is 2.43 bits per heavy atom. The summed E-state index contributed by atoms with van der Waals surface area (Å²) in [6, 6.07) is 3.75. The van der Waals surface area contributed by atoms with Gasteiger partial charge in [0.25, 0.3) is 0 Å². The van der Waals surface area contributed by atoms with Crippen LogP contribution in [0.2, 0.25) is 0 Å². The fraction of sp³-hybridized carbons (Fsp3) is 0.533. The maximum atomic E-state index is 11.6. The molecule has 1 fully saturated rings. The third kappa shape index (κ3) is 3.20. The molecular formula is C15H20N2O3S. The van der Waals surface area contributed by atoms with E-state index in [1.54, 1.807) is 19.9 Å². The predicted octanol–water partition coefficient (Wildman–Crippen LogP) is 2.33. The van der Waals surface area contributed by atoms with E-state index in [2.05, 4.69) is 6.07 Å². The molecule has 1 aliphatic rings. The fourth-order valence-electron chi connectivity index (χ4n) is 2.48. The summed E-state index contributed by atoms with van der Waals surface area (Å²) in [4.78, 5) is 0.142. The standard InChI is InChI=1S/C15H20N2O3S/c1-10-8-13(21(17,18)19)11(2)12(3)14(10)20-9-15(4-5-15)6-7-16/h8H,4-6,9H2,1-3H3,(H2,17,18,19). The predicted molar refractivity (Wildman–Crippen MR) is 79.4 cm³/mol. The quantitative estimate of drug-likeness (QED) is 0.903. The van der Waals surface area contributed by atoms with Crippen LogP contribution in [0.15, 0.2) is 11.0 Å². The minimum absolute atomic E-state index is 0.0137. The van der Waals surface area contributed by atoms with Crippen molar-refractivity contribution in [3.05, 3.63) is 22.8 Å². The fourth-order valence-corrected chi connectivity index (χ4v) is 3.40. The first-order chi connectivity index (χ1) is 9.70. The number of hydrogen-bond acceptors (Lipinski definition) is 4.